The van der Waals surface area contributed by atoms with Crippen LogP contribution >= 0.6 is 0 Å². The maximum atomic E-state index is 12.1. The summed E-state index contributed by atoms with van der Waals surface area (Å²) in [5.41, 5.74) is 1.22. The Morgan fingerprint density at radius 3 is 2.43 bits per heavy atom. The van der Waals surface area contributed by atoms with Crippen LogP contribution in [0, 0.1) is 0 Å². The van der Waals surface area contributed by atoms with E-state index in [-0.39, 0.29) is 17.2 Å². The first kappa shape index (κ1) is 14.9. The van der Waals surface area contributed by atoms with Crippen molar-refractivity contribution in [3.8, 4) is 17.2 Å². The molecule has 0 saturated carbocycles. The summed E-state index contributed by atoms with van der Waals surface area (Å²) in [6.07, 6.45) is -4.76. The second-order valence-electron chi connectivity index (χ2n) is 4.58. The second-order valence-corrected chi connectivity index (χ2v) is 4.58. The zero-order chi connectivity index (χ0) is 16.6. The third-order valence-electron chi connectivity index (χ3n) is 2.97. The Morgan fingerprint density at radius 1 is 1.13 bits per heavy atom. The van der Waals surface area contributed by atoms with Crippen LogP contribution in [0.3, 0.4) is 0 Å². The van der Waals surface area contributed by atoms with Gasteiger partial charge in [-0.3, -0.25) is 0 Å². The first-order valence-electron chi connectivity index (χ1n) is 6.32. The summed E-state index contributed by atoms with van der Waals surface area (Å²) < 4.78 is 45.6. The minimum absolute atomic E-state index is 0.0614. The molecule has 1 aromatic heterocycles. The van der Waals surface area contributed by atoms with Crippen molar-refractivity contribution in [1.82, 2.24) is 4.98 Å². The fourth-order valence-electron chi connectivity index (χ4n) is 1.98. The monoisotopic (exact) mass is 323 g/mol. The number of aromatic carboxylic acids is 1. The Morgan fingerprint density at radius 2 is 1.83 bits per heavy atom. The average molecular weight is 323 g/mol. The van der Waals surface area contributed by atoms with Crippen molar-refractivity contribution >= 4 is 17.1 Å². The van der Waals surface area contributed by atoms with Gasteiger partial charge in [0.1, 0.15) is 11.3 Å². The normalized spacial score (nSPS) is 11.6. The number of carboxylic acids is 1. The number of aromatic nitrogens is 1. The van der Waals surface area contributed by atoms with Gasteiger partial charge in [-0.1, -0.05) is 0 Å². The molecule has 2 aromatic carbocycles. The number of carbonyl (C=O) groups is 1. The lowest BCUT2D eigenvalue weighted by molar-refractivity contribution is -0.274. The van der Waals surface area contributed by atoms with Gasteiger partial charge in [0.15, 0.2) is 5.58 Å². The molecular weight excluding hydrogens is 315 g/mol. The Labute approximate surface area is 126 Å². The van der Waals surface area contributed by atoms with Crippen LogP contribution in [-0.4, -0.2) is 22.4 Å². The Bertz CT molecular complexity index is 869. The number of oxazole rings is 1. The number of halogens is 3. The van der Waals surface area contributed by atoms with Gasteiger partial charge in [-0.15, -0.1) is 13.2 Å². The minimum atomic E-state index is -4.76. The lowest BCUT2D eigenvalue weighted by atomic mass is 10.2. The van der Waals surface area contributed by atoms with Gasteiger partial charge in [-0.2, -0.15) is 0 Å². The summed E-state index contributed by atoms with van der Waals surface area (Å²) in [5.74, 6) is -1.28. The first-order valence-corrected chi connectivity index (χ1v) is 6.32. The highest BCUT2D eigenvalue weighted by Gasteiger charge is 2.31. The Kier molecular flexibility index (Phi) is 3.44. The number of ether oxygens (including phenoxy) is 1. The van der Waals surface area contributed by atoms with Crippen LogP contribution in [0.4, 0.5) is 13.2 Å². The molecule has 118 valence electrons. The predicted octanol–water partition coefficient (Wildman–Crippen LogP) is 4.09. The SMILES string of the molecule is O=C(O)c1ccc2oc(-c3ccc(OC(F)(F)F)cc3)nc2c1. The minimum Gasteiger partial charge on any atom is -0.478 e. The van der Waals surface area contributed by atoms with Crippen molar-refractivity contribution in [3.63, 3.8) is 0 Å². The van der Waals surface area contributed by atoms with Crippen LogP contribution in [-0.2, 0) is 0 Å². The van der Waals surface area contributed by atoms with E-state index in [1.807, 2.05) is 0 Å². The average Bonchev–Trinajstić information content (AvgIpc) is 2.89. The van der Waals surface area contributed by atoms with E-state index in [2.05, 4.69) is 9.72 Å². The standard InChI is InChI=1S/C15H8F3NO4/c16-15(17,18)23-10-4-1-8(2-5-10)13-19-11-7-9(14(20)21)3-6-12(11)22-13/h1-7H,(H,20,21). The van der Waals surface area contributed by atoms with Gasteiger partial charge < -0.3 is 14.3 Å². The molecule has 3 aromatic rings. The number of benzene rings is 2. The van der Waals surface area contributed by atoms with Gasteiger partial charge >= 0.3 is 12.3 Å². The van der Waals surface area contributed by atoms with Gasteiger partial charge in [0.05, 0.1) is 5.56 Å². The molecule has 1 heterocycles. The number of alkyl halides is 3. The molecule has 23 heavy (non-hydrogen) atoms. The summed E-state index contributed by atoms with van der Waals surface area (Å²) in [4.78, 5) is 15.0. The van der Waals surface area contributed by atoms with Crippen molar-refractivity contribution in [2.75, 3.05) is 0 Å². The molecule has 1 N–H and O–H groups in total. The molecule has 3 rings (SSSR count). The molecule has 0 amide bonds. The van der Waals surface area contributed by atoms with Crippen molar-refractivity contribution in [2.45, 2.75) is 6.36 Å². The van der Waals surface area contributed by atoms with E-state index in [9.17, 15) is 18.0 Å². The van der Waals surface area contributed by atoms with Crippen LogP contribution in [0.1, 0.15) is 10.4 Å². The lowest BCUT2D eigenvalue weighted by Gasteiger charge is -2.08. The van der Waals surface area contributed by atoms with Crippen LogP contribution in [0.2, 0.25) is 0 Å². The molecule has 0 bridgehead atoms. The largest absolute Gasteiger partial charge is 0.573 e. The summed E-state index contributed by atoms with van der Waals surface area (Å²) in [6, 6.07) is 9.20. The Hall–Kier alpha value is -3.03. The van der Waals surface area contributed by atoms with Gasteiger partial charge in [0.2, 0.25) is 5.89 Å². The van der Waals surface area contributed by atoms with Crippen LogP contribution < -0.4 is 4.74 Å². The topological polar surface area (TPSA) is 72.6 Å². The molecule has 8 heteroatoms. The maximum absolute atomic E-state index is 12.1. The zero-order valence-corrected chi connectivity index (χ0v) is 11.3. The summed E-state index contributed by atoms with van der Waals surface area (Å²) in [5, 5.41) is 8.93. The summed E-state index contributed by atoms with van der Waals surface area (Å²) in [6.45, 7) is 0. The molecule has 0 aliphatic carbocycles. The van der Waals surface area contributed by atoms with Crippen LogP contribution in [0.15, 0.2) is 46.9 Å². The summed E-state index contributed by atoms with van der Waals surface area (Å²) in [7, 11) is 0. The zero-order valence-electron chi connectivity index (χ0n) is 11.3. The molecule has 5 nitrogen and oxygen atoms in total. The molecule has 0 saturated heterocycles. The van der Waals surface area contributed by atoms with Gasteiger partial charge in [-0.25, -0.2) is 9.78 Å². The van der Waals surface area contributed by atoms with E-state index >= 15 is 0 Å². The molecule has 0 fully saturated rings. The van der Waals surface area contributed by atoms with Crippen molar-refractivity contribution in [1.29, 1.82) is 0 Å². The summed E-state index contributed by atoms with van der Waals surface area (Å²) >= 11 is 0. The highest BCUT2D eigenvalue weighted by Crippen LogP contribution is 2.28. The molecular formula is C15H8F3NO4. The molecule has 0 atom stereocenters. The first-order chi connectivity index (χ1) is 10.8. The van der Waals surface area contributed by atoms with Crippen molar-refractivity contribution < 1.29 is 32.2 Å². The second kappa shape index (κ2) is 5.31. The fourth-order valence-corrected chi connectivity index (χ4v) is 1.98. The number of rotatable bonds is 3. The van der Waals surface area contributed by atoms with E-state index in [0.29, 0.717) is 16.7 Å². The smallest absolute Gasteiger partial charge is 0.478 e. The van der Waals surface area contributed by atoms with E-state index in [1.165, 1.54) is 30.3 Å². The lowest BCUT2D eigenvalue weighted by Crippen LogP contribution is -2.16. The highest BCUT2D eigenvalue weighted by atomic mass is 19.4. The molecule has 0 unspecified atom stereocenters. The molecule has 0 spiro atoms. The Balaban J connectivity index is 1.92. The third kappa shape index (κ3) is 3.25. The quantitative estimate of drug-likeness (QED) is 0.786. The molecule has 0 radical (unpaired) electrons. The van der Waals surface area contributed by atoms with E-state index < -0.39 is 12.3 Å². The van der Waals surface area contributed by atoms with Crippen molar-refractivity contribution in [3.05, 3.63) is 48.0 Å². The number of fused-ring (bicyclic) bond motifs is 1. The fraction of sp³-hybridized carbons (Fsp3) is 0.0667. The third-order valence-corrected chi connectivity index (χ3v) is 2.97. The van der Waals surface area contributed by atoms with Crippen molar-refractivity contribution in [2.24, 2.45) is 0 Å². The molecule has 0 aliphatic heterocycles. The predicted molar refractivity (Wildman–Crippen MR) is 73.1 cm³/mol. The van der Waals surface area contributed by atoms with Gasteiger partial charge in [0.25, 0.3) is 0 Å². The maximum Gasteiger partial charge on any atom is 0.573 e. The van der Waals surface area contributed by atoms with Gasteiger partial charge in [-0.05, 0) is 42.5 Å². The highest BCUT2D eigenvalue weighted by molar-refractivity contribution is 5.92. The van der Waals surface area contributed by atoms with E-state index in [4.69, 9.17) is 9.52 Å². The van der Waals surface area contributed by atoms with Crippen LogP contribution in [0.5, 0.6) is 5.75 Å². The number of nitrogens with zero attached hydrogens (tertiary/aromatic N) is 1. The van der Waals surface area contributed by atoms with Gasteiger partial charge in [0, 0.05) is 5.56 Å². The van der Waals surface area contributed by atoms with E-state index in [1.54, 1.807) is 0 Å². The number of hydrogen-bond acceptors (Lipinski definition) is 4. The number of hydrogen-bond donors (Lipinski definition) is 1. The van der Waals surface area contributed by atoms with Crippen LogP contribution in [0.25, 0.3) is 22.6 Å². The van der Waals surface area contributed by atoms with E-state index in [0.717, 1.165) is 12.1 Å². The molecule has 0 aliphatic rings. The number of carboxylic acid groups (broad SMARTS) is 1.